The molecule has 3 saturated carbocycles. The smallest absolute Gasteiger partial charge is 0.339 e. The van der Waals surface area contributed by atoms with E-state index in [0.717, 1.165) is 32.5 Å². The van der Waals surface area contributed by atoms with Crippen molar-refractivity contribution >= 4 is 17.7 Å². The molecule has 1 aromatic rings. The van der Waals surface area contributed by atoms with Crippen molar-refractivity contribution in [2.45, 2.75) is 120 Å². The van der Waals surface area contributed by atoms with Crippen LogP contribution in [0.5, 0.6) is 0 Å². The Morgan fingerprint density at radius 1 is 1.07 bits per heavy atom. The molecular formula is C41H54N2O11. The van der Waals surface area contributed by atoms with E-state index in [4.69, 9.17) is 23.4 Å². The summed E-state index contributed by atoms with van der Waals surface area (Å²) in [7, 11) is 0. The standard InChI is InChI=1S/C41H54N2O11/c1-37(2)32-31(47)33(48)39(4)28(40(32)18-51-30(46)15-29(40)53-37)7-10-38(3)34(52-36(49)35-41(38,39)54-35)23-9-12-50-27(23)14-24(26(45)17-44)20-5-6-22-21(13-20)8-11-43-19-42-16-25(22)43/h8-9,11-12,20-22,24-26,28-29,32-35,42,44-45,48H,5-7,10,13-19H2,1-4H3/t20-,21+,22+,24-,25-,26+,28-,29-,32+,33+,34-,35+,38-,39-,40-,41+/m0/s1. The van der Waals surface area contributed by atoms with Gasteiger partial charge in [0.2, 0.25) is 0 Å². The topological polar surface area (TPSA) is 181 Å². The second-order valence-corrected chi connectivity index (χ2v) is 19.1. The van der Waals surface area contributed by atoms with Crippen LogP contribution in [0.15, 0.2) is 29.0 Å². The lowest BCUT2D eigenvalue weighted by molar-refractivity contribution is -0.252. The summed E-state index contributed by atoms with van der Waals surface area (Å²) in [6.45, 7) is 9.11. The number of esters is 2. The number of fused-ring (bicyclic) bond motifs is 4. The molecule has 1 aromatic heterocycles. The number of hydrogen-bond donors (Lipinski definition) is 4. The number of allylic oxidation sites excluding steroid dienone is 1. The number of hydrogen-bond acceptors (Lipinski definition) is 13. The van der Waals surface area contributed by atoms with Gasteiger partial charge >= 0.3 is 11.9 Å². The first-order valence-electron chi connectivity index (χ1n) is 20.2. The first-order valence-corrected chi connectivity index (χ1v) is 20.2. The highest BCUT2D eigenvalue weighted by atomic mass is 16.7. The Bertz CT molecular complexity index is 1790. The quantitative estimate of drug-likeness (QED) is 0.246. The molecule has 3 aliphatic carbocycles. The number of aliphatic hydroxyl groups is 3. The van der Waals surface area contributed by atoms with Gasteiger partial charge in [-0.25, -0.2) is 4.79 Å². The zero-order valence-corrected chi connectivity index (χ0v) is 31.6. The fraction of sp³-hybridized carbons (Fsp3) is 0.780. The van der Waals surface area contributed by atoms with Gasteiger partial charge in [0.15, 0.2) is 11.9 Å². The van der Waals surface area contributed by atoms with Crippen molar-refractivity contribution < 1.29 is 53.1 Å². The van der Waals surface area contributed by atoms with Crippen LogP contribution in [0.3, 0.4) is 0 Å². The van der Waals surface area contributed by atoms with Crippen LogP contribution in [-0.2, 0) is 39.8 Å². The molecule has 13 nitrogen and oxygen atoms in total. The maximum Gasteiger partial charge on any atom is 0.339 e. The third-order valence-electron chi connectivity index (χ3n) is 16.7. The van der Waals surface area contributed by atoms with Crippen LogP contribution in [0.1, 0.15) is 83.6 Å². The minimum Gasteiger partial charge on any atom is -0.469 e. The van der Waals surface area contributed by atoms with Crippen molar-refractivity contribution in [1.82, 2.24) is 10.2 Å². The number of carbonyl (C=O) groups excluding carboxylic acids is 3. The highest BCUT2D eigenvalue weighted by Crippen LogP contribution is 2.80. The fourth-order valence-corrected chi connectivity index (χ4v) is 14.5. The Kier molecular flexibility index (Phi) is 7.67. The minimum absolute atomic E-state index is 0.00344. The molecule has 0 unspecified atom stereocenters. The lowest BCUT2D eigenvalue weighted by Gasteiger charge is -2.66. The molecule has 16 atom stereocenters. The van der Waals surface area contributed by atoms with E-state index >= 15 is 0 Å². The number of Topliss-reactive ketones (excluding diaryl/α,β-unsaturated/α-hetero) is 1. The van der Waals surface area contributed by atoms with Gasteiger partial charge in [-0.15, -0.1) is 0 Å². The molecule has 54 heavy (non-hydrogen) atoms. The van der Waals surface area contributed by atoms with Crippen LogP contribution in [0.4, 0.5) is 0 Å². The molecular weight excluding hydrogens is 696 g/mol. The molecule has 7 heterocycles. The zero-order valence-electron chi connectivity index (χ0n) is 31.6. The number of ether oxygens (including phenoxy) is 4. The third-order valence-corrected chi connectivity index (χ3v) is 16.7. The molecule has 5 saturated heterocycles. The summed E-state index contributed by atoms with van der Waals surface area (Å²) in [5.74, 6) is -0.993. The van der Waals surface area contributed by atoms with Gasteiger partial charge in [-0.05, 0) is 87.8 Å². The van der Waals surface area contributed by atoms with E-state index in [0.29, 0.717) is 48.5 Å². The van der Waals surface area contributed by atoms with Crippen molar-refractivity contribution in [2.24, 2.45) is 51.8 Å². The number of furan rings is 1. The summed E-state index contributed by atoms with van der Waals surface area (Å²) in [6.07, 6.45) is 5.64. The predicted molar refractivity (Wildman–Crippen MR) is 188 cm³/mol. The normalized spacial score (nSPS) is 49.2. The Balaban J connectivity index is 0.991. The van der Waals surface area contributed by atoms with E-state index in [9.17, 15) is 29.7 Å². The lowest BCUT2D eigenvalue weighted by atomic mass is 9.36. The SMILES string of the molecule is CC1(C)O[C@H]2CC(=O)OC[C@@]23[C@@H]1C(=O)[C@@H](O)[C@]1(C)[C@@H]3CC[C@@]2(C)[C@H](c3ccoc3C[C@@H]([C@H]3CC[C@@H]4[C@H](C=CN5CNC[C@@H]45)C3)[C@H](O)CO)OC(=O)[C@H]3O[C@@]312. The molecule has 4 N–H and O–H groups in total. The summed E-state index contributed by atoms with van der Waals surface area (Å²) in [5.41, 5.74) is -4.53. The zero-order chi connectivity index (χ0) is 37.7. The number of rotatable bonds is 6. The number of carbonyl (C=O) groups is 3. The molecule has 6 aliphatic heterocycles. The number of nitrogens with zero attached hydrogens (tertiary/aromatic N) is 1. The van der Waals surface area contributed by atoms with Crippen molar-refractivity contribution in [1.29, 1.82) is 0 Å². The van der Waals surface area contributed by atoms with Crippen molar-refractivity contribution in [3.05, 3.63) is 35.9 Å². The lowest BCUT2D eigenvalue weighted by Crippen LogP contribution is -2.76. The molecule has 294 valence electrons. The summed E-state index contributed by atoms with van der Waals surface area (Å²) in [5, 5.41) is 37.5. The molecule has 0 amide bonds. The summed E-state index contributed by atoms with van der Waals surface area (Å²) in [6, 6.07) is 2.31. The minimum atomic E-state index is -1.46. The Hall–Kier alpha value is -2.81. The van der Waals surface area contributed by atoms with E-state index in [1.54, 1.807) is 6.26 Å². The van der Waals surface area contributed by atoms with Crippen molar-refractivity contribution in [3.8, 4) is 0 Å². The average Bonchev–Trinajstić information content (AvgIpc) is 3.38. The van der Waals surface area contributed by atoms with Crippen LogP contribution >= 0.6 is 0 Å². The van der Waals surface area contributed by atoms with Crippen LogP contribution in [-0.4, -0.2) is 106 Å². The monoisotopic (exact) mass is 750 g/mol. The van der Waals surface area contributed by atoms with Gasteiger partial charge in [0.05, 0.1) is 49.7 Å². The summed E-state index contributed by atoms with van der Waals surface area (Å²) < 4.78 is 31.4. The molecule has 0 bridgehead atoms. The van der Waals surface area contributed by atoms with Crippen molar-refractivity contribution in [2.75, 3.05) is 26.4 Å². The number of nitrogens with one attached hydrogen (secondary N) is 1. The maximum atomic E-state index is 14.6. The van der Waals surface area contributed by atoms with Gasteiger partial charge in [0, 0.05) is 40.8 Å². The summed E-state index contributed by atoms with van der Waals surface area (Å²) in [4.78, 5) is 43.6. The van der Waals surface area contributed by atoms with Gasteiger partial charge in [-0.2, -0.15) is 0 Å². The fourth-order valence-electron chi connectivity index (χ4n) is 14.5. The Morgan fingerprint density at radius 3 is 2.69 bits per heavy atom. The maximum absolute atomic E-state index is 14.6. The Morgan fingerprint density at radius 2 is 1.89 bits per heavy atom. The largest absolute Gasteiger partial charge is 0.469 e. The highest BCUT2D eigenvalue weighted by Gasteiger charge is 2.90. The second kappa shape index (κ2) is 11.6. The average molecular weight is 751 g/mol. The van der Waals surface area contributed by atoms with Crippen molar-refractivity contribution in [3.63, 3.8) is 0 Å². The Labute approximate surface area is 315 Å². The van der Waals surface area contributed by atoms with E-state index in [1.165, 1.54) is 0 Å². The number of aliphatic hydroxyl groups excluding tert-OH is 3. The van der Waals surface area contributed by atoms with E-state index in [-0.39, 0.29) is 49.1 Å². The van der Waals surface area contributed by atoms with Gasteiger partial charge in [0.25, 0.3) is 0 Å². The van der Waals surface area contributed by atoms with Gasteiger partial charge in [-0.1, -0.05) is 19.9 Å². The molecule has 9 aliphatic rings. The first kappa shape index (κ1) is 35.6. The van der Waals surface area contributed by atoms with Gasteiger partial charge in [-0.3, -0.25) is 14.9 Å². The molecule has 8 fully saturated rings. The number of ketones is 1. The van der Waals surface area contributed by atoms with E-state index < -0.39 is 69.9 Å². The van der Waals surface area contributed by atoms with Crippen LogP contribution in [0, 0.1) is 51.8 Å². The van der Waals surface area contributed by atoms with E-state index in [1.807, 2.05) is 33.8 Å². The van der Waals surface area contributed by atoms with Crippen LogP contribution in [0.2, 0.25) is 0 Å². The molecule has 10 rings (SSSR count). The molecule has 13 heteroatoms. The molecule has 0 aromatic carbocycles. The highest BCUT2D eigenvalue weighted by molar-refractivity contribution is 5.92. The second-order valence-electron chi connectivity index (χ2n) is 19.1. The molecule has 2 spiro atoms. The summed E-state index contributed by atoms with van der Waals surface area (Å²) >= 11 is 0. The number of epoxide rings is 1. The van der Waals surface area contributed by atoms with E-state index in [2.05, 4.69) is 22.5 Å². The van der Waals surface area contributed by atoms with Crippen LogP contribution in [0.25, 0.3) is 0 Å². The number of cyclic esters (lactones) is 2. The predicted octanol–water partition coefficient (Wildman–Crippen LogP) is 2.41. The van der Waals surface area contributed by atoms with Gasteiger partial charge < -0.3 is 43.6 Å². The third kappa shape index (κ3) is 4.29. The molecule has 0 radical (unpaired) electrons. The van der Waals surface area contributed by atoms with Gasteiger partial charge in [0.1, 0.15) is 30.2 Å². The first-order chi connectivity index (χ1) is 25.7. The van der Waals surface area contributed by atoms with Crippen LogP contribution < -0.4 is 5.32 Å².